The predicted molar refractivity (Wildman–Crippen MR) is 155 cm³/mol. The van der Waals surface area contributed by atoms with Crippen molar-refractivity contribution in [1.82, 2.24) is 19.9 Å². The van der Waals surface area contributed by atoms with E-state index in [0.29, 0.717) is 24.0 Å². The van der Waals surface area contributed by atoms with Crippen LogP contribution >= 0.6 is 27.5 Å². The molecule has 2 atom stereocenters. The van der Waals surface area contributed by atoms with Crippen molar-refractivity contribution in [3.05, 3.63) is 105 Å². The van der Waals surface area contributed by atoms with Crippen molar-refractivity contribution >= 4 is 44.9 Å². The van der Waals surface area contributed by atoms with Gasteiger partial charge in [0, 0.05) is 35.7 Å². The molecule has 2 heterocycles. The normalized spacial score (nSPS) is 18.6. The molecule has 2 aromatic heterocycles. The van der Waals surface area contributed by atoms with Crippen LogP contribution in [-0.2, 0) is 4.79 Å². The molecule has 6 rings (SSSR count). The van der Waals surface area contributed by atoms with Crippen LogP contribution in [0.25, 0.3) is 16.9 Å². The van der Waals surface area contributed by atoms with Crippen LogP contribution in [0.5, 0.6) is 0 Å². The molecule has 192 valence electrons. The van der Waals surface area contributed by atoms with Crippen LogP contribution in [0.1, 0.15) is 30.7 Å². The maximum Gasteiger partial charge on any atom is 0.224 e. The highest BCUT2D eigenvalue weighted by Crippen LogP contribution is 2.47. The molecular weight excluding hydrogens is 562 g/mol. The van der Waals surface area contributed by atoms with Gasteiger partial charge in [-0.05, 0) is 58.3 Å². The smallest absolute Gasteiger partial charge is 0.224 e. The highest BCUT2D eigenvalue weighted by molar-refractivity contribution is 9.10. The average molecular weight is 589 g/mol. The SMILES string of the molecule is O=C(NCC1=CCCC(CNc2cc(-c3ccccc3Cl)nc3c(Br)cnn23)=C1)[C@@H]1C[C@H]1c1ccccc1. The lowest BCUT2D eigenvalue weighted by Crippen LogP contribution is -2.27. The van der Waals surface area contributed by atoms with E-state index in [1.807, 2.05) is 48.5 Å². The quantitative estimate of drug-likeness (QED) is 0.238. The zero-order chi connectivity index (χ0) is 26.1. The fourth-order valence-corrected chi connectivity index (χ4v) is 5.63. The van der Waals surface area contributed by atoms with Crippen LogP contribution in [-0.4, -0.2) is 33.6 Å². The van der Waals surface area contributed by atoms with E-state index in [1.54, 1.807) is 10.7 Å². The van der Waals surface area contributed by atoms with Gasteiger partial charge in [0.15, 0.2) is 5.65 Å². The van der Waals surface area contributed by atoms with E-state index in [0.717, 1.165) is 52.0 Å². The molecule has 1 saturated carbocycles. The second kappa shape index (κ2) is 10.8. The first-order chi connectivity index (χ1) is 18.6. The number of rotatable bonds is 8. The third-order valence-electron chi connectivity index (χ3n) is 7.16. The van der Waals surface area contributed by atoms with Gasteiger partial charge in [-0.15, -0.1) is 0 Å². The Hall–Kier alpha value is -3.42. The zero-order valence-electron chi connectivity index (χ0n) is 20.7. The number of hydrogen-bond donors (Lipinski definition) is 2. The molecular formula is C30H27BrClN5O. The number of anilines is 1. The number of carbonyl (C=O) groups excluding carboxylic acids is 1. The predicted octanol–water partition coefficient (Wildman–Crippen LogP) is 6.79. The molecule has 6 nitrogen and oxygen atoms in total. The van der Waals surface area contributed by atoms with Crippen molar-refractivity contribution in [3.8, 4) is 11.3 Å². The molecule has 2 aliphatic rings. The van der Waals surface area contributed by atoms with Gasteiger partial charge in [0.25, 0.3) is 0 Å². The summed E-state index contributed by atoms with van der Waals surface area (Å²) in [6, 6.07) is 20.0. The van der Waals surface area contributed by atoms with Crippen molar-refractivity contribution in [2.24, 2.45) is 5.92 Å². The molecule has 0 radical (unpaired) electrons. The molecule has 38 heavy (non-hydrogen) atoms. The number of hydrogen-bond acceptors (Lipinski definition) is 4. The van der Waals surface area contributed by atoms with E-state index < -0.39 is 0 Å². The van der Waals surface area contributed by atoms with Gasteiger partial charge < -0.3 is 10.6 Å². The van der Waals surface area contributed by atoms with Crippen molar-refractivity contribution in [2.45, 2.75) is 25.2 Å². The monoisotopic (exact) mass is 587 g/mol. The third-order valence-corrected chi connectivity index (χ3v) is 8.05. The summed E-state index contributed by atoms with van der Waals surface area (Å²) in [5.74, 6) is 1.42. The lowest BCUT2D eigenvalue weighted by molar-refractivity contribution is -0.122. The molecule has 4 aromatic rings. The third kappa shape index (κ3) is 5.26. The maximum atomic E-state index is 12.7. The van der Waals surface area contributed by atoms with Crippen LogP contribution in [0, 0.1) is 5.92 Å². The number of amides is 1. The summed E-state index contributed by atoms with van der Waals surface area (Å²) >= 11 is 10.0. The molecule has 2 aromatic carbocycles. The minimum atomic E-state index is 0.0847. The number of aromatic nitrogens is 3. The molecule has 2 N–H and O–H groups in total. The first kappa shape index (κ1) is 24.9. The highest BCUT2D eigenvalue weighted by atomic mass is 79.9. The Balaban J connectivity index is 1.12. The Bertz CT molecular complexity index is 1560. The zero-order valence-corrected chi connectivity index (χ0v) is 23.0. The van der Waals surface area contributed by atoms with Gasteiger partial charge in [-0.25, -0.2) is 4.98 Å². The van der Waals surface area contributed by atoms with Gasteiger partial charge in [0.2, 0.25) is 5.91 Å². The van der Waals surface area contributed by atoms with Gasteiger partial charge in [0.1, 0.15) is 5.82 Å². The van der Waals surface area contributed by atoms with Crippen LogP contribution < -0.4 is 10.6 Å². The molecule has 0 bridgehead atoms. The highest BCUT2D eigenvalue weighted by Gasteiger charge is 2.43. The first-order valence-corrected chi connectivity index (χ1v) is 14.0. The van der Waals surface area contributed by atoms with Crippen molar-refractivity contribution in [3.63, 3.8) is 0 Å². The molecule has 2 aliphatic carbocycles. The fourth-order valence-electron chi connectivity index (χ4n) is 5.05. The summed E-state index contributed by atoms with van der Waals surface area (Å²) in [7, 11) is 0. The number of halogens is 2. The second-order valence-electron chi connectivity index (χ2n) is 9.79. The Morgan fingerprint density at radius 2 is 1.92 bits per heavy atom. The van der Waals surface area contributed by atoms with Crippen LogP contribution in [0.3, 0.4) is 0 Å². The largest absolute Gasteiger partial charge is 0.366 e. The number of nitrogens with one attached hydrogen (secondary N) is 2. The van der Waals surface area contributed by atoms with E-state index >= 15 is 0 Å². The second-order valence-corrected chi connectivity index (χ2v) is 11.0. The number of carbonyl (C=O) groups is 1. The number of benzene rings is 2. The molecule has 0 aliphatic heterocycles. The molecule has 0 saturated heterocycles. The van der Waals surface area contributed by atoms with E-state index in [9.17, 15) is 4.79 Å². The molecule has 8 heteroatoms. The first-order valence-electron chi connectivity index (χ1n) is 12.8. The maximum absolute atomic E-state index is 12.7. The number of fused-ring (bicyclic) bond motifs is 1. The van der Waals surface area contributed by atoms with Gasteiger partial charge in [0.05, 0.1) is 16.4 Å². The molecule has 1 fully saturated rings. The number of nitrogens with zero attached hydrogens (tertiary/aromatic N) is 3. The standard InChI is InChI=1S/C30H27BrClN5O/c31-25-18-35-37-28(15-27(36-29(25)37)22-11-4-5-12-26(22)32)33-16-19-7-6-8-20(13-19)17-34-30(38)24-14-23(24)21-9-2-1-3-10-21/h1-5,8-13,15,18,23-24,33H,6-7,14,16-17H2,(H,34,38)/t23-,24+/m0/s1. The van der Waals surface area contributed by atoms with Crippen molar-refractivity contribution < 1.29 is 4.79 Å². The van der Waals surface area contributed by atoms with Gasteiger partial charge >= 0.3 is 0 Å². The Morgan fingerprint density at radius 3 is 2.76 bits per heavy atom. The van der Waals surface area contributed by atoms with E-state index in [4.69, 9.17) is 16.6 Å². The van der Waals surface area contributed by atoms with E-state index in [-0.39, 0.29) is 11.8 Å². The Labute approximate surface area is 234 Å². The summed E-state index contributed by atoms with van der Waals surface area (Å²) in [5.41, 5.74) is 6.06. The van der Waals surface area contributed by atoms with Crippen molar-refractivity contribution in [1.29, 1.82) is 0 Å². The van der Waals surface area contributed by atoms with Crippen LogP contribution in [0.15, 0.2) is 94.6 Å². The van der Waals surface area contributed by atoms with Crippen LogP contribution in [0.4, 0.5) is 5.82 Å². The fraction of sp³-hybridized carbons (Fsp3) is 0.233. The minimum Gasteiger partial charge on any atom is -0.366 e. The summed E-state index contributed by atoms with van der Waals surface area (Å²) in [6.07, 6.45) is 9.02. The summed E-state index contributed by atoms with van der Waals surface area (Å²) in [5, 5.41) is 11.8. The van der Waals surface area contributed by atoms with E-state index in [2.05, 4.69) is 55.9 Å². The molecule has 0 spiro atoms. The topological polar surface area (TPSA) is 71.3 Å². The Kier molecular flexibility index (Phi) is 7.04. The Morgan fingerprint density at radius 1 is 1.11 bits per heavy atom. The van der Waals surface area contributed by atoms with Crippen LogP contribution in [0.2, 0.25) is 5.02 Å². The lowest BCUT2D eigenvalue weighted by atomic mass is 9.99. The van der Waals surface area contributed by atoms with Gasteiger partial charge in [-0.3, -0.25) is 4.79 Å². The molecule has 0 unspecified atom stereocenters. The summed E-state index contributed by atoms with van der Waals surface area (Å²) in [6.45, 7) is 1.23. The molecule has 1 amide bonds. The average Bonchev–Trinajstić information content (AvgIpc) is 3.67. The minimum absolute atomic E-state index is 0.0847. The van der Waals surface area contributed by atoms with Crippen molar-refractivity contribution in [2.75, 3.05) is 18.4 Å². The van der Waals surface area contributed by atoms with Gasteiger partial charge in [-0.1, -0.05) is 77.9 Å². The number of allylic oxidation sites excluding steroid dienone is 1. The summed E-state index contributed by atoms with van der Waals surface area (Å²) in [4.78, 5) is 17.5. The van der Waals surface area contributed by atoms with Gasteiger partial charge in [-0.2, -0.15) is 9.61 Å². The lowest BCUT2D eigenvalue weighted by Gasteiger charge is -2.17. The van der Waals surface area contributed by atoms with E-state index in [1.165, 1.54) is 11.1 Å². The summed E-state index contributed by atoms with van der Waals surface area (Å²) < 4.78 is 2.61.